The molecule has 4 heteroatoms. The van der Waals surface area contributed by atoms with E-state index in [2.05, 4.69) is 46.8 Å². The molecule has 4 nitrogen and oxygen atoms in total. The number of carbonyl (C=O) groups is 1. The monoisotopic (exact) mass is 386 g/mol. The fraction of sp³-hybridized carbons (Fsp3) is 0.708. The molecule has 2 saturated carbocycles. The van der Waals surface area contributed by atoms with E-state index >= 15 is 0 Å². The normalized spacial score (nSPS) is 42.1. The van der Waals surface area contributed by atoms with Crippen LogP contribution in [0.1, 0.15) is 59.9 Å². The highest BCUT2D eigenvalue weighted by Gasteiger charge is 2.78. The van der Waals surface area contributed by atoms with Crippen molar-refractivity contribution in [3.63, 3.8) is 0 Å². The van der Waals surface area contributed by atoms with Gasteiger partial charge in [0.2, 0.25) is 5.79 Å². The highest BCUT2D eigenvalue weighted by Crippen LogP contribution is 2.72. The van der Waals surface area contributed by atoms with Gasteiger partial charge in [0.1, 0.15) is 0 Å². The van der Waals surface area contributed by atoms with Crippen LogP contribution in [0, 0.1) is 22.7 Å². The van der Waals surface area contributed by atoms with E-state index in [1.165, 1.54) is 0 Å². The smallest absolute Gasteiger partial charge is 0.309 e. The molecule has 28 heavy (non-hydrogen) atoms. The maximum absolute atomic E-state index is 13.1. The first-order chi connectivity index (χ1) is 13.1. The van der Waals surface area contributed by atoms with E-state index in [1.807, 2.05) is 25.1 Å². The molecule has 1 aromatic carbocycles. The van der Waals surface area contributed by atoms with Crippen LogP contribution in [0.25, 0.3) is 0 Å². The van der Waals surface area contributed by atoms with Crippen molar-refractivity contribution >= 4 is 5.97 Å². The minimum absolute atomic E-state index is 0.00157. The summed E-state index contributed by atoms with van der Waals surface area (Å²) in [7, 11) is 0. The lowest BCUT2D eigenvalue weighted by Gasteiger charge is -2.42. The molecule has 1 aromatic rings. The van der Waals surface area contributed by atoms with E-state index in [1.54, 1.807) is 0 Å². The van der Waals surface area contributed by atoms with Gasteiger partial charge in [0.15, 0.2) is 6.10 Å². The van der Waals surface area contributed by atoms with Crippen LogP contribution in [0.15, 0.2) is 30.3 Å². The van der Waals surface area contributed by atoms with Gasteiger partial charge in [-0.3, -0.25) is 4.79 Å². The Balaban J connectivity index is 1.59. The fourth-order valence-electron chi connectivity index (χ4n) is 5.91. The molecule has 1 heterocycles. The topological polar surface area (TPSA) is 44.8 Å². The lowest BCUT2D eigenvalue weighted by molar-refractivity contribution is -0.271. The number of fused-ring (bicyclic) bond motifs is 3. The Morgan fingerprint density at radius 3 is 2.36 bits per heavy atom. The number of esters is 1. The Morgan fingerprint density at radius 1 is 1.14 bits per heavy atom. The number of rotatable bonds is 4. The largest absolute Gasteiger partial charge is 0.456 e. The number of benzene rings is 1. The minimum atomic E-state index is -0.808. The summed E-state index contributed by atoms with van der Waals surface area (Å²) in [6.45, 7) is 12.9. The maximum Gasteiger partial charge on any atom is 0.309 e. The number of carbonyl (C=O) groups excluding carboxylic acids is 1. The molecule has 3 fully saturated rings. The lowest BCUT2D eigenvalue weighted by Crippen LogP contribution is -2.54. The molecule has 1 aliphatic heterocycles. The third-order valence-electron chi connectivity index (χ3n) is 8.15. The zero-order valence-electron chi connectivity index (χ0n) is 18.0. The summed E-state index contributed by atoms with van der Waals surface area (Å²) in [4.78, 5) is 13.1. The van der Waals surface area contributed by atoms with E-state index in [-0.39, 0.29) is 46.9 Å². The lowest BCUT2D eigenvalue weighted by atomic mass is 9.70. The molecule has 7 atom stereocenters. The second-order valence-electron chi connectivity index (χ2n) is 10.0. The zero-order valence-corrected chi connectivity index (χ0v) is 18.0. The molecule has 0 amide bonds. The summed E-state index contributed by atoms with van der Waals surface area (Å²) in [5.74, 6) is -0.935. The van der Waals surface area contributed by atoms with Crippen molar-refractivity contribution in [2.24, 2.45) is 22.7 Å². The molecule has 4 rings (SSSR count). The highest BCUT2D eigenvalue weighted by molar-refractivity contribution is 5.73. The first-order valence-corrected chi connectivity index (χ1v) is 10.7. The number of hydrogen-bond donors (Lipinski definition) is 0. The average molecular weight is 387 g/mol. The van der Waals surface area contributed by atoms with Gasteiger partial charge in [-0.1, -0.05) is 58.0 Å². The Hall–Kier alpha value is -1.39. The Kier molecular flexibility index (Phi) is 4.67. The van der Waals surface area contributed by atoms with E-state index in [9.17, 15) is 4.79 Å². The summed E-state index contributed by atoms with van der Waals surface area (Å²) in [5.41, 5.74) is 0.991. The summed E-state index contributed by atoms with van der Waals surface area (Å²) in [6, 6.07) is 10.1. The second kappa shape index (κ2) is 6.56. The van der Waals surface area contributed by atoms with Crippen LogP contribution in [0.4, 0.5) is 0 Å². The molecule has 154 valence electrons. The minimum Gasteiger partial charge on any atom is -0.456 e. The zero-order chi connectivity index (χ0) is 20.3. The van der Waals surface area contributed by atoms with Gasteiger partial charge in [-0.15, -0.1) is 0 Å². The maximum atomic E-state index is 13.1. The number of ether oxygens (including phenoxy) is 3. The van der Waals surface area contributed by atoms with Crippen LogP contribution < -0.4 is 0 Å². The van der Waals surface area contributed by atoms with Crippen LogP contribution >= 0.6 is 0 Å². The van der Waals surface area contributed by atoms with E-state index in [0.29, 0.717) is 6.42 Å². The number of hydrogen-bond acceptors (Lipinski definition) is 4. The predicted molar refractivity (Wildman–Crippen MR) is 108 cm³/mol. The SMILES string of the molecule is CC(Cc1ccccc1)C(=O)O[C@@H]1C2(O[C@@H](C)[C@@H](C)O2)[C@H]2CC[C@]1(C)C2(C)C. The van der Waals surface area contributed by atoms with Crippen LogP contribution in [0.3, 0.4) is 0 Å². The molecule has 2 aliphatic carbocycles. The van der Waals surface area contributed by atoms with E-state index in [0.717, 1.165) is 18.4 Å². The molecule has 0 N–H and O–H groups in total. The summed E-state index contributed by atoms with van der Waals surface area (Å²) < 4.78 is 19.2. The fourth-order valence-corrected chi connectivity index (χ4v) is 5.91. The van der Waals surface area contributed by atoms with Gasteiger partial charge in [0, 0.05) is 11.3 Å². The van der Waals surface area contributed by atoms with Gasteiger partial charge >= 0.3 is 5.97 Å². The van der Waals surface area contributed by atoms with E-state index < -0.39 is 5.79 Å². The molecular weight excluding hydrogens is 352 g/mol. The Labute approximate surface area is 168 Å². The van der Waals surface area contributed by atoms with Crippen LogP contribution in [-0.4, -0.2) is 30.1 Å². The third-order valence-corrected chi connectivity index (χ3v) is 8.15. The first-order valence-electron chi connectivity index (χ1n) is 10.7. The Bertz CT molecular complexity index is 732. The molecule has 2 unspecified atom stereocenters. The highest BCUT2D eigenvalue weighted by atomic mass is 16.8. The molecule has 2 bridgehead atoms. The summed E-state index contributed by atoms with van der Waals surface area (Å²) >= 11 is 0. The standard InChI is InChI=1S/C24H34O4/c1-15(14-18-10-8-7-9-11-18)20(25)26-21-23(6)13-12-19(22(23,4)5)24(21)27-16(2)17(3)28-24/h7-11,15-17,19,21H,12-14H2,1-6H3/t15?,16-,17+,19-,21-,23-,24?/m0/s1. The van der Waals surface area contributed by atoms with Gasteiger partial charge in [-0.2, -0.15) is 0 Å². The van der Waals surface area contributed by atoms with Crippen molar-refractivity contribution in [1.82, 2.24) is 0 Å². The van der Waals surface area contributed by atoms with Gasteiger partial charge in [-0.05, 0) is 44.1 Å². The van der Waals surface area contributed by atoms with Crippen molar-refractivity contribution in [3.8, 4) is 0 Å². The third kappa shape index (κ3) is 2.68. The summed E-state index contributed by atoms with van der Waals surface area (Å²) in [6.07, 6.45) is 2.40. The van der Waals surface area contributed by atoms with Crippen molar-refractivity contribution in [3.05, 3.63) is 35.9 Å². The molecule has 0 radical (unpaired) electrons. The molecular formula is C24H34O4. The molecule has 3 aliphatic rings. The van der Waals surface area contributed by atoms with Crippen molar-refractivity contribution < 1.29 is 19.0 Å². The Morgan fingerprint density at radius 2 is 1.75 bits per heavy atom. The quantitative estimate of drug-likeness (QED) is 0.700. The van der Waals surface area contributed by atoms with Gasteiger partial charge in [-0.25, -0.2) is 0 Å². The second-order valence-corrected chi connectivity index (χ2v) is 10.0. The van der Waals surface area contributed by atoms with Crippen LogP contribution in [0.5, 0.6) is 0 Å². The predicted octanol–water partition coefficient (Wildman–Crippen LogP) is 4.75. The van der Waals surface area contributed by atoms with Crippen LogP contribution in [0.2, 0.25) is 0 Å². The molecule has 1 saturated heterocycles. The van der Waals surface area contributed by atoms with Crippen LogP contribution in [-0.2, 0) is 25.4 Å². The molecule has 1 spiro atoms. The van der Waals surface area contributed by atoms with Crippen molar-refractivity contribution in [2.45, 2.75) is 84.9 Å². The van der Waals surface area contributed by atoms with Gasteiger partial charge in [0.25, 0.3) is 0 Å². The van der Waals surface area contributed by atoms with E-state index in [4.69, 9.17) is 14.2 Å². The molecule has 0 aromatic heterocycles. The van der Waals surface area contributed by atoms with Gasteiger partial charge in [0.05, 0.1) is 18.1 Å². The van der Waals surface area contributed by atoms with Crippen molar-refractivity contribution in [2.75, 3.05) is 0 Å². The van der Waals surface area contributed by atoms with Crippen molar-refractivity contribution in [1.29, 1.82) is 0 Å². The summed E-state index contributed by atoms with van der Waals surface area (Å²) in [5, 5.41) is 0. The average Bonchev–Trinajstić information content (AvgIpc) is 3.10. The van der Waals surface area contributed by atoms with Gasteiger partial charge < -0.3 is 14.2 Å². The first kappa shape index (κ1) is 19.9.